The van der Waals surface area contributed by atoms with Crippen LogP contribution in [0.1, 0.15) is 38.5 Å². The molecule has 0 aliphatic carbocycles. The lowest BCUT2D eigenvalue weighted by Crippen LogP contribution is -2.52. The number of carbonyl (C=O) groups is 2. The molecular weight excluding hydrogens is 274 g/mol. The fourth-order valence-electron chi connectivity index (χ4n) is 2.72. The molecular formula is C15H21NO3S. The molecule has 1 unspecified atom stereocenters. The van der Waals surface area contributed by atoms with Gasteiger partial charge in [-0.3, -0.25) is 9.59 Å². The van der Waals surface area contributed by atoms with Gasteiger partial charge in [-0.2, -0.15) is 0 Å². The number of carboxylic acid groups (broad SMARTS) is 1. The summed E-state index contributed by atoms with van der Waals surface area (Å²) < 4.78 is 0. The van der Waals surface area contributed by atoms with Crippen molar-refractivity contribution in [1.82, 2.24) is 4.90 Å². The molecule has 1 N–H and O–H groups in total. The van der Waals surface area contributed by atoms with E-state index in [1.807, 2.05) is 31.4 Å². The molecule has 1 aromatic heterocycles. The predicted molar refractivity (Wildman–Crippen MR) is 78.9 cm³/mol. The summed E-state index contributed by atoms with van der Waals surface area (Å²) in [5.74, 6) is -0.795. The van der Waals surface area contributed by atoms with Gasteiger partial charge in [-0.1, -0.05) is 6.07 Å². The zero-order chi connectivity index (χ0) is 15.0. The summed E-state index contributed by atoms with van der Waals surface area (Å²) in [6.07, 6.45) is 1.38. The van der Waals surface area contributed by atoms with Crippen LogP contribution in [0.15, 0.2) is 17.5 Å². The number of hydrogen-bond acceptors (Lipinski definition) is 3. The maximum atomic E-state index is 12.8. The predicted octanol–water partition coefficient (Wildman–Crippen LogP) is 2.74. The number of rotatable bonds is 3. The molecule has 1 aliphatic rings. The molecule has 5 heteroatoms. The minimum Gasteiger partial charge on any atom is -0.481 e. The Hall–Kier alpha value is -1.36. The van der Waals surface area contributed by atoms with E-state index < -0.39 is 16.8 Å². The lowest BCUT2D eigenvalue weighted by atomic mass is 9.80. The SMILES string of the molecule is CC1(C(=O)O)CCCN(C(=O)C(C)(C)c2cccs2)C1. The lowest BCUT2D eigenvalue weighted by molar-refractivity contribution is -0.154. The van der Waals surface area contributed by atoms with Crippen LogP contribution in [-0.2, 0) is 15.0 Å². The molecule has 1 amide bonds. The first kappa shape index (κ1) is 15.0. The van der Waals surface area contributed by atoms with E-state index in [2.05, 4.69) is 0 Å². The number of aliphatic carboxylic acids is 1. The van der Waals surface area contributed by atoms with Crippen molar-refractivity contribution in [3.63, 3.8) is 0 Å². The first-order valence-electron chi connectivity index (χ1n) is 6.84. The van der Waals surface area contributed by atoms with Crippen molar-refractivity contribution in [1.29, 1.82) is 0 Å². The van der Waals surface area contributed by atoms with Gasteiger partial charge in [0.15, 0.2) is 0 Å². The third-order valence-electron chi connectivity index (χ3n) is 4.17. The second kappa shape index (κ2) is 5.20. The highest BCUT2D eigenvalue weighted by Crippen LogP contribution is 2.34. The third kappa shape index (κ3) is 2.59. The minimum absolute atomic E-state index is 0.0205. The smallest absolute Gasteiger partial charge is 0.311 e. The van der Waals surface area contributed by atoms with E-state index in [9.17, 15) is 14.7 Å². The average Bonchev–Trinajstić information content (AvgIpc) is 2.92. The third-order valence-corrected chi connectivity index (χ3v) is 5.37. The zero-order valence-corrected chi connectivity index (χ0v) is 13.0. The normalized spacial score (nSPS) is 23.6. The van der Waals surface area contributed by atoms with Gasteiger partial charge in [-0.15, -0.1) is 11.3 Å². The van der Waals surface area contributed by atoms with Gasteiger partial charge >= 0.3 is 5.97 Å². The second-order valence-electron chi connectivity index (χ2n) is 6.30. The van der Waals surface area contributed by atoms with Gasteiger partial charge in [0.1, 0.15) is 0 Å². The largest absolute Gasteiger partial charge is 0.481 e. The van der Waals surface area contributed by atoms with Gasteiger partial charge < -0.3 is 10.0 Å². The van der Waals surface area contributed by atoms with E-state index in [0.29, 0.717) is 19.5 Å². The van der Waals surface area contributed by atoms with Crippen LogP contribution in [0.4, 0.5) is 0 Å². The molecule has 2 heterocycles. The molecule has 1 aromatic rings. The Morgan fingerprint density at radius 2 is 2.15 bits per heavy atom. The molecule has 4 nitrogen and oxygen atoms in total. The van der Waals surface area contributed by atoms with E-state index in [-0.39, 0.29) is 5.91 Å². The minimum atomic E-state index is -0.820. The highest BCUT2D eigenvalue weighted by Gasteiger charge is 2.43. The summed E-state index contributed by atoms with van der Waals surface area (Å²) in [5.41, 5.74) is -1.41. The molecule has 1 aliphatic heterocycles. The highest BCUT2D eigenvalue weighted by molar-refractivity contribution is 7.10. The van der Waals surface area contributed by atoms with Crippen LogP contribution in [0.25, 0.3) is 0 Å². The number of nitrogens with zero attached hydrogens (tertiary/aromatic N) is 1. The van der Waals surface area contributed by atoms with Crippen LogP contribution in [-0.4, -0.2) is 35.0 Å². The molecule has 0 aromatic carbocycles. The quantitative estimate of drug-likeness (QED) is 0.933. The van der Waals surface area contributed by atoms with Crippen molar-refractivity contribution < 1.29 is 14.7 Å². The number of likely N-dealkylation sites (tertiary alicyclic amines) is 1. The summed E-state index contributed by atoms with van der Waals surface area (Å²) in [4.78, 5) is 26.9. The standard InChI is InChI=1S/C15H21NO3S/c1-14(2,11-6-4-9-20-11)12(17)16-8-5-7-15(3,10-16)13(18)19/h4,6,9H,5,7-8,10H2,1-3H3,(H,18,19). The van der Waals surface area contributed by atoms with Gasteiger partial charge in [-0.05, 0) is 45.1 Å². The number of amides is 1. The lowest BCUT2D eigenvalue weighted by Gasteiger charge is -2.40. The van der Waals surface area contributed by atoms with E-state index in [1.165, 1.54) is 0 Å². The molecule has 1 saturated heterocycles. The maximum absolute atomic E-state index is 12.8. The number of hydrogen-bond donors (Lipinski definition) is 1. The Morgan fingerprint density at radius 3 is 2.70 bits per heavy atom. The number of thiophene rings is 1. The fraction of sp³-hybridized carbons (Fsp3) is 0.600. The topological polar surface area (TPSA) is 57.6 Å². The molecule has 0 bridgehead atoms. The van der Waals surface area contributed by atoms with Gasteiger partial charge in [0, 0.05) is 18.0 Å². The van der Waals surface area contributed by atoms with Crippen LogP contribution in [0.3, 0.4) is 0 Å². The summed E-state index contributed by atoms with van der Waals surface area (Å²) in [5, 5.41) is 11.3. The Kier molecular flexibility index (Phi) is 3.91. The van der Waals surface area contributed by atoms with Crippen molar-refractivity contribution >= 4 is 23.2 Å². The van der Waals surface area contributed by atoms with Crippen LogP contribution < -0.4 is 0 Å². The van der Waals surface area contributed by atoms with Crippen molar-refractivity contribution in [3.05, 3.63) is 22.4 Å². The zero-order valence-electron chi connectivity index (χ0n) is 12.2. The van der Waals surface area contributed by atoms with Gasteiger partial charge in [0.2, 0.25) is 5.91 Å². The molecule has 1 fully saturated rings. The van der Waals surface area contributed by atoms with Crippen molar-refractivity contribution in [2.24, 2.45) is 5.41 Å². The summed E-state index contributed by atoms with van der Waals surface area (Å²) >= 11 is 1.56. The Balaban J connectivity index is 2.19. The Morgan fingerprint density at radius 1 is 1.45 bits per heavy atom. The molecule has 0 radical (unpaired) electrons. The van der Waals surface area contributed by atoms with Crippen molar-refractivity contribution in [2.75, 3.05) is 13.1 Å². The Labute approximate surface area is 123 Å². The van der Waals surface area contributed by atoms with Crippen molar-refractivity contribution in [3.8, 4) is 0 Å². The molecule has 110 valence electrons. The van der Waals surface area contributed by atoms with Crippen molar-refractivity contribution in [2.45, 2.75) is 39.0 Å². The van der Waals surface area contributed by atoms with E-state index in [1.54, 1.807) is 23.2 Å². The van der Waals surface area contributed by atoms with Gasteiger partial charge in [0.25, 0.3) is 0 Å². The molecule has 1 atom stereocenters. The van der Waals surface area contributed by atoms with Gasteiger partial charge in [0.05, 0.1) is 10.8 Å². The molecule has 20 heavy (non-hydrogen) atoms. The first-order chi connectivity index (χ1) is 9.27. The monoisotopic (exact) mass is 295 g/mol. The molecule has 2 rings (SSSR count). The van der Waals surface area contributed by atoms with E-state index >= 15 is 0 Å². The molecule has 0 saturated carbocycles. The fourth-order valence-corrected chi connectivity index (χ4v) is 3.57. The molecule has 0 spiro atoms. The van der Waals surface area contributed by atoms with Crippen LogP contribution in [0.2, 0.25) is 0 Å². The highest BCUT2D eigenvalue weighted by atomic mass is 32.1. The summed E-state index contributed by atoms with van der Waals surface area (Å²) in [7, 11) is 0. The average molecular weight is 295 g/mol. The van der Waals surface area contributed by atoms with Crippen LogP contribution >= 0.6 is 11.3 Å². The summed E-state index contributed by atoms with van der Waals surface area (Å²) in [6.45, 7) is 6.50. The first-order valence-corrected chi connectivity index (χ1v) is 7.72. The number of piperidine rings is 1. The maximum Gasteiger partial charge on any atom is 0.311 e. The van der Waals surface area contributed by atoms with Crippen LogP contribution in [0.5, 0.6) is 0 Å². The number of carboxylic acids is 1. The Bertz CT molecular complexity index is 509. The van der Waals surface area contributed by atoms with E-state index in [4.69, 9.17) is 0 Å². The summed E-state index contributed by atoms with van der Waals surface area (Å²) in [6, 6.07) is 3.90. The van der Waals surface area contributed by atoms with E-state index in [0.717, 1.165) is 11.3 Å². The van der Waals surface area contributed by atoms with Gasteiger partial charge in [-0.25, -0.2) is 0 Å². The number of carbonyl (C=O) groups excluding carboxylic acids is 1. The van der Waals surface area contributed by atoms with Crippen LogP contribution in [0, 0.1) is 5.41 Å². The second-order valence-corrected chi connectivity index (χ2v) is 7.25.